The van der Waals surface area contributed by atoms with E-state index in [0.29, 0.717) is 11.5 Å². The van der Waals surface area contributed by atoms with Crippen LogP contribution in [0.3, 0.4) is 0 Å². The molecular weight excluding hydrogens is 395 g/mol. The molecule has 0 saturated carbocycles. The van der Waals surface area contributed by atoms with Gasteiger partial charge in [-0.2, -0.15) is 0 Å². The average molecular weight is 416 g/mol. The Morgan fingerprint density at radius 1 is 0.567 bits per heavy atom. The van der Waals surface area contributed by atoms with Gasteiger partial charge in [0, 0.05) is 0 Å². The van der Waals surface area contributed by atoms with E-state index < -0.39 is 7.82 Å². The summed E-state index contributed by atoms with van der Waals surface area (Å²) in [5.74, 6) is 0.821. The number of hydrogen-bond donors (Lipinski definition) is 0. The third-order valence-electron chi connectivity index (χ3n) is 4.40. The summed E-state index contributed by atoms with van der Waals surface area (Å²) in [4.78, 5) is 0. The molecular formula is C25H21O4P. The number of rotatable bonds is 8. The Morgan fingerprint density at radius 3 is 1.60 bits per heavy atom. The SMILES string of the molecule is O=P(OCc1ccccc1-c1ccccc1)(Oc1ccccc1)Oc1ccccc1. The second kappa shape index (κ2) is 9.45. The molecule has 30 heavy (non-hydrogen) atoms. The Morgan fingerprint density at radius 2 is 1.03 bits per heavy atom. The van der Waals surface area contributed by atoms with Gasteiger partial charge in [-0.3, -0.25) is 4.52 Å². The smallest absolute Gasteiger partial charge is 0.395 e. The van der Waals surface area contributed by atoms with E-state index in [-0.39, 0.29) is 6.61 Å². The van der Waals surface area contributed by atoms with Crippen molar-refractivity contribution in [3.8, 4) is 22.6 Å². The Hall–Kier alpha value is -3.33. The van der Waals surface area contributed by atoms with Crippen LogP contribution in [0.25, 0.3) is 11.1 Å². The van der Waals surface area contributed by atoms with Crippen LogP contribution in [-0.2, 0) is 15.7 Å². The van der Waals surface area contributed by atoms with Crippen LogP contribution in [0.5, 0.6) is 11.5 Å². The Balaban J connectivity index is 1.59. The van der Waals surface area contributed by atoms with E-state index in [1.165, 1.54) is 0 Å². The molecule has 0 spiro atoms. The summed E-state index contributed by atoms with van der Waals surface area (Å²) in [6.07, 6.45) is 0. The molecule has 0 radical (unpaired) electrons. The molecule has 0 N–H and O–H groups in total. The largest absolute Gasteiger partial charge is 0.587 e. The number of para-hydroxylation sites is 2. The fourth-order valence-electron chi connectivity index (χ4n) is 2.99. The minimum absolute atomic E-state index is 0.0714. The minimum Gasteiger partial charge on any atom is -0.395 e. The lowest BCUT2D eigenvalue weighted by Gasteiger charge is -2.20. The van der Waals surface area contributed by atoms with Crippen LogP contribution in [0.15, 0.2) is 115 Å². The van der Waals surface area contributed by atoms with Gasteiger partial charge in [0.2, 0.25) is 0 Å². The Labute approximate surface area is 176 Å². The highest BCUT2D eigenvalue weighted by molar-refractivity contribution is 7.49. The van der Waals surface area contributed by atoms with Crippen LogP contribution in [-0.4, -0.2) is 0 Å². The van der Waals surface area contributed by atoms with E-state index in [4.69, 9.17) is 13.6 Å². The Kier molecular flexibility index (Phi) is 6.29. The van der Waals surface area contributed by atoms with Crippen molar-refractivity contribution >= 4 is 7.82 Å². The lowest BCUT2D eigenvalue weighted by Crippen LogP contribution is -2.06. The molecule has 0 fully saturated rings. The van der Waals surface area contributed by atoms with Crippen LogP contribution in [0.2, 0.25) is 0 Å². The molecule has 4 rings (SSSR count). The molecule has 0 aliphatic carbocycles. The van der Waals surface area contributed by atoms with Gasteiger partial charge >= 0.3 is 7.82 Å². The predicted octanol–water partition coefficient (Wildman–Crippen LogP) is 7.14. The molecule has 0 saturated heterocycles. The highest BCUT2D eigenvalue weighted by atomic mass is 31.2. The second-order valence-corrected chi connectivity index (χ2v) is 8.07. The molecule has 5 heteroatoms. The molecule has 0 aromatic heterocycles. The summed E-state index contributed by atoms with van der Waals surface area (Å²) in [7, 11) is -3.94. The van der Waals surface area contributed by atoms with Gasteiger partial charge in [-0.25, -0.2) is 4.57 Å². The van der Waals surface area contributed by atoms with Gasteiger partial charge < -0.3 is 9.05 Å². The molecule has 4 nitrogen and oxygen atoms in total. The van der Waals surface area contributed by atoms with Gasteiger partial charge in [0.25, 0.3) is 0 Å². The number of phosphoric acid groups is 1. The van der Waals surface area contributed by atoms with Gasteiger partial charge in [0.15, 0.2) is 0 Å². The lowest BCUT2D eigenvalue weighted by atomic mass is 10.0. The van der Waals surface area contributed by atoms with Gasteiger partial charge in [-0.15, -0.1) is 0 Å². The maximum absolute atomic E-state index is 13.5. The van der Waals surface area contributed by atoms with Gasteiger partial charge in [-0.1, -0.05) is 91.0 Å². The first-order valence-corrected chi connectivity index (χ1v) is 11.1. The topological polar surface area (TPSA) is 44.8 Å². The van der Waals surface area contributed by atoms with Crippen LogP contribution < -0.4 is 9.05 Å². The first kappa shape index (κ1) is 20.0. The zero-order valence-corrected chi connectivity index (χ0v) is 17.2. The average Bonchev–Trinajstić information content (AvgIpc) is 2.80. The van der Waals surface area contributed by atoms with Crippen molar-refractivity contribution in [2.45, 2.75) is 6.61 Å². The van der Waals surface area contributed by atoms with E-state index in [9.17, 15) is 4.57 Å². The molecule has 0 bridgehead atoms. The molecule has 0 atom stereocenters. The molecule has 0 amide bonds. The predicted molar refractivity (Wildman–Crippen MR) is 118 cm³/mol. The quantitative estimate of drug-likeness (QED) is 0.287. The molecule has 150 valence electrons. The summed E-state index contributed by atoms with van der Waals surface area (Å²) < 4.78 is 30.7. The molecule has 4 aromatic rings. The van der Waals surface area contributed by atoms with Crippen molar-refractivity contribution in [3.05, 3.63) is 121 Å². The van der Waals surface area contributed by atoms with Crippen LogP contribution in [0.1, 0.15) is 5.56 Å². The third kappa shape index (κ3) is 5.18. The summed E-state index contributed by atoms with van der Waals surface area (Å²) in [5.41, 5.74) is 2.95. The fraction of sp³-hybridized carbons (Fsp3) is 0.0400. The van der Waals surface area contributed by atoms with E-state index >= 15 is 0 Å². The zero-order chi connectivity index (χ0) is 20.7. The van der Waals surface area contributed by atoms with Gasteiger partial charge in [-0.05, 0) is 41.0 Å². The number of phosphoric ester groups is 1. The minimum atomic E-state index is -3.94. The summed E-state index contributed by atoms with van der Waals surface area (Å²) in [6, 6.07) is 35.6. The maximum Gasteiger partial charge on any atom is 0.587 e. The van der Waals surface area contributed by atoms with E-state index in [2.05, 4.69) is 0 Å². The van der Waals surface area contributed by atoms with Crippen molar-refractivity contribution in [3.63, 3.8) is 0 Å². The first-order chi connectivity index (χ1) is 14.7. The van der Waals surface area contributed by atoms with Crippen LogP contribution in [0, 0.1) is 0 Å². The molecule has 0 aliphatic heterocycles. The van der Waals surface area contributed by atoms with Crippen molar-refractivity contribution in [1.29, 1.82) is 0 Å². The van der Waals surface area contributed by atoms with E-state index in [1.54, 1.807) is 48.5 Å². The summed E-state index contributed by atoms with van der Waals surface area (Å²) >= 11 is 0. The van der Waals surface area contributed by atoms with Crippen molar-refractivity contribution in [2.24, 2.45) is 0 Å². The van der Waals surface area contributed by atoms with E-state index in [0.717, 1.165) is 16.7 Å². The maximum atomic E-state index is 13.5. The van der Waals surface area contributed by atoms with Crippen molar-refractivity contribution < 1.29 is 18.1 Å². The summed E-state index contributed by atoms with van der Waals surface area (Å²) in [5, 5.41) is 0. The van der Waals surface area contributed by atoms with Gasteiger partial charge in [0.1, 0.15) is 11.5 Å². The Bertz CT molecular complexity index is 1070. The normalized spacial score (nSPS) is 11.1. The standard InChI is InChI=1S/C25H21O4P/c26-30(28-23-15-6-2-7-16-23,29-24-17-8-3-9-18-24)27-20-22-14-10-11-19-25(22)21-12-4-1-5-13-21/h1-19H,20H2. The highest BCUT2D eigenvalue weighted by Gasteiger charge is 2.31. The second-order valence-electron chi connectivity index (χ2n) is 6.55. The number of hydrogen-bond acceptors (Lipinski definition) is 4. The zero-order valence-electron chi connectivity index (χ0n) is 16.3. The lowest BCUT2D eigenvalue weighted by molar-refractivity contribution is 0.201. The third-order valence-corrected chi connectivity index (χ3v) is 5.72. The highest BCUT2D eigenvalue weighted by Crippen LogP contribution is 2.50. The monoisotopic (exact) mass is 416 g/mol. The molecule has 4 aromatic carbocycles. The number of benzene rings is 4. The van der Waals surface area contributed by atoms with Crippen molar-refractivity contribution in [2.75, 3.05) is 0 Å². The van der Waals surface area contributed by atoms with Crippen molar-refractivity contribution in [1.82, 2.24) is 0 Å². The van der Waals surface area contributed by atoms with Crippen LogP contribution >= 0.6 is 7.82 Å². The molecule has 0 aliphatic rings. The molecule has 0 heterocycles. The van der Waals surface area contributed by atoms with Gasteiger partial charge in [0.05, 0.1) is 6.61 Å². The van der Waals surface area contributed by atoms with Crippen LogP contribution in [0.4, 0.5) is 0 Å². The van der Waals surface area contributed by atoms with E-state index in [1.807, 2.05) is 66.7 Å². The fourth-order valence-corrected chi connectivity index (χ4v) is 4.19. The molecule has 0 unspecified atom stereocenters. The first-order valence-electron chi connectivity index (χ1n) is 9.59. The summed E-state index contributed by atoms with van der Waals surface area (Å²) in [6.45, 7) is 0.0714.